The van der Waals surface area contributed by atoms with Crippen LogP contribution < -0.4 is 5.32 Å². The minimum absolute atomic E-state index is 0.0405. The van der Waals surface area contributed by atoms with Crippen LogP contribution in [0.2, 0.25) is 5.02 Å². The molecule has 4 rings (SSSR count). The molecule has 6 heteroatoms. The van der Waals surface area contributed by atoms with Gasteiger partial charge in [-0.25, -0.2) is 4.39 Å². The molecule has 0 bridgehead atoms. The molecule has 29 heavy (non-hydrogen) atoms. The molecule has 2 aromatic carbocycles. The Morgan fingerprint density at radius 2 is 1.86 bits per heavy atom. The molecule has 1 saturated heterocycles. The molecule has 1 heterocycles. The van der Waals surface area contributed by atoms with E-state index in [-0.39, 0.29) is 30.2 Å². The van der Waals surface area contributed by atoms with E-state index in [2.05, 4.69) is 10.2 Å². The van der Waals surface area contributed by atoms with Gasteiger partial charge in [0, 0.05) is 29.2 Å². The molecule has 2 aliphatic rings. The van der Waals surface area contributed by atoms with Gasteiger partial charge in [-0.3, -0.25) is 9.69 Å². The minimum atomic E-state index is -0.708. The number of piperidine rings is 1. The Morgan fingerprint density at radius 3 is 2.59 bits per heavy atom. The lowest BCUT2D eigenvalue weighted by Crippen LogP contribution is -2.56. The predicted octanol–water partition coefficient (Wildman–Crippen LogP) is 4.79. The molecular formula is C23H26ClFN2O2. The molecule has 0 unspecified atom stereocenters. The van der Waals surface area contributed by atoms with E-state index in [1.807, 2.05) is 0 Å². The number of rotatable bonds is 4. The van der Waals surface area contributed by atoms with Gasteiger partial charge in [-0.05, 0) is 61.2 Å². The van der Waals surface area contributed by atoms with Crippen LogP contribution in [0.1, 0.15) is 43.7 Å². The first kappa shape index (κ1) is 20.3. The molecule has 1 saturated carbocycles. The third-order valence-corrected chi connectivity index (χ3v) is 6.61. The van der Waals surface area contributed by atoms with Crippen LogP contribution in [0.5, 0.6) is 0 Å². The number of aliphatic hydroxyl groups is 1. The Hall–Kier alpha value is -1.95. The van der Waals surface area contributed by atoms with Crippen molar-refractivity contribution < 1.29 is 14.3 Å². The van der Waals surface area contributed by atoms with Crippen molar-refractivity contribution in [2.75, 3.05) is 18.4 Å². The van der Waals surface area contributed by atoms with Gasteiger partial charge in [0.1, 0.15) is 5.82 Å². The Balaban J connectivity index is 1.56. The monoisotopic (exact) mass is 416 g/mol. The van der Waals surface area contributed by atoms with Crippen LogP contribution in [-0.4, -0.2) is 34.6 Å². The van der Waals surface area contributed by atoms with Gasteiger partial charge in [0.15, 0.2) is 0 Å². The van der Waals surface area contributed by atoms with E-state index >= 15 is 0 Å². The first-order chi connectivity index (χ1) is 13.9. The van der Waals surface area contributed by atoms with Crippen molar-refractivity contribution in [3.05, 3.63) is 64.9 Å². The predicted molar refractivity (Wildman–Crippen MR) is 112 cm³/mol. The van der Waals surface area contributed by atoms with E-state index in [1.165, 1.54) is 12.1 Å². The van der Waals surface area contributed by atoms with E-state index in [1.54, 1.807) is 36.4 Å². The maximum Gasteiger partial charge on any atom is 0.238 e. The van der Waals surface area contributed by atoms with Gasteiger partial charge in [0.05, 0.1) is 12.1 Å². The van der Waals surface area contributed by atoms with Crippen molar-refractivity contribution in [3.8, 4) is 0 Å². The molecule has 0 radical (unpaired) electrons. The standard InChI is InChI=1S/C23H26ClFN2O2/c24-17-6-10-19(11-7-17)26-21(28)15-27-14-13-23(29)12-2-1-3-20(23)22(27)16-4-8-18(25)9-5-16/h4-11,20,22,29H,1-3,12-15H2,(H,26,28)/t20-,22-,23-/m1/s1. The highest BCUT2D eigenvalue weighted by Crippen LogP contribution is 2.49. The summed E-state index contributed by atoms with van der Waals surface area (Å²) >= 11 is 5.91. The maximum atomic E-state index is 13.5. The number of fused-ring (bicyclic) bond motifs is 1. The van der Waals surface area contributed by atoms with Crippen molar-refractivity contribution in [2.45, 2.75) is 43.7 Å². The van der Waals surface area contributed by atoms with Crippen molar-refractivity contribution >= 4 is 23.2 Å². The number of amides is 1. The second kappa shape index (κ2) is 8.42. The van der Waals surface area contributed by atoms with Gasteiger partial charge in [-0.15, -0.1) is 0 Å². The number of likely N-dealkylation sites (tertiary alicyclic amines) is 1. The molecule has 2 aromatic rings. The molecule has 4 nitrogen and oxygen atoms in total. The zero-order chi connectivity index (χ0) is 20.4. The van der Waals surface area contributed by atoms with E-state index in [0.29, 0.717) is 23.7 Å². The molecule has 154 valence electrons. The molecule has 0 aromatic heterocycles. The summed E-state index contributed by atoms with van der Waals surface area (Å²) in [6, 6.07) is 13.4. The van der Waals surface area contributed by atoms with Crippen molar-refractivity contribution in [1.82, 2.24) is 4.90 Å². The number of nitrogens with one attached hydrogen (secondary N) is 1. The van der Waals surface area contributed by atoms with Crippen LogP contribution in [-0.2, 0) is 4.79 Å². The van der Waals surface area contributed by atoms with Crippen molar-refractivity contribution in [2.24, 2.45) is 5.92 Å². The van der Waals surface area contributed by atoms with E-state index < -0.39 is 5.60 Å². The van der Waals surface area contributed by atoms with Gasteiger partial charge in [0.2, 0.25) is 5.91 Å². The highest BCUT2D eigenvalue weighted by atomic mass is 35.5. The summed E-state index contributed by atoms with van der Waals surface area (Å²) in [4.78, 5) is 14.9. The van der Waals surface area contributed by atoms with Crippen LogP contribution in [0.15, 0.2) is 48.5 Å². The quantitative estimate of drug-likeness (QED) is 0.753. The Bertz CT molecular complexity index is 858. The fourth-order valence-electron chi connectivity index (χ4n) is 4.94. The number of anilines is 1. The first-order valence-electron chi connectivity index (χ1n) is 10.2. The largest absolute Gasteiger partial charge is 0.389 e. The number of carbonyl (C=O) groups excluding carboxylic acids is 1. The Labute approximate surface area is 175 Å². The van der Waals surface area contributed by atoms with Gasteiger partial charge in [0.25, 0.3) is 0 Å². The van der Waals surface area contributed by atoms with Gasteiger partial charge < -0.3 is 10.4 Å². The van der Waals surface area contributed by atoms with Crippen LogP contribution in [0.3, 0.4) is 0 Å². The number of halogens is 2. The van der Waals surface area contributed by atoms with Crippen molar-refractivity contribution in [3.63, 3.8) is 0 Å². The second-order valence-electron chi connectivity index (χ2n) is 8.23. The topological polar surface area (TPSA) is 52.6 Å². The smallest absolute Gasteiger partial charge is 0.238 e. The molecule has 1 aliphatic carbocycles. The molecule has 2 fully saturated rings. The van der Waals surface area contributed by atoms with Gasteiger partial charge in [-0.2, -0.15) is 0 Å². The van der Waals surface area contributed by atoms with Crippen molar-refractivity contribution in [1.29, 1.82) is 0 Å². The summed E-state index contributed by atoms with van der Waals surface area (Å²) in [7, 11) is 0. The fourth-order valence-corrected chi connectivity index (χ4v) is 5.07. The zero-order valence-corrected chi connectivity index (χ0v) is 17.0. The lowest BCUT2D eigenvalue weighted by molar-refractivity contribution is -0.135. The highest BCUT2D eigenvalue weighted by Gasteiger charge is 2.49. The average molecular weight is 417 g/mol. The molecule has 1 amide bonds. The summed E-state index contributed by atoms with van der Waals surface area (Å²) in [5.41, 5.74) is 0.945. The summed E-state index contributed by atoms with van der Waals surface area (Å²) < 4.78 is 13.5. The van der Waals surface area contributed by atoms with E-state index in [9.17, 15) is 14.3 Å². The lowest BCUT2D eigenvalue weighted by Gasteiger charge is -2.52. The SMILES string of the molecule is O=C(CN1CC[C@]2(O)CCCC[C@@H]2[C@H]1c1ccc(F)cc1)Nc1ccc(Cl)cc1. The normalized spacial score (nSPS) is 27.3. The summed E-state index contributed by atoms with van der Waals surface area (Å²) in [6.07, 6.45) is 4.45. The molecule has 3 atom stereocenters. The third-order valence-electron chi connectivity index (χ3n) is 6.36. The number of carbonyl (C=O) groups is 1. The highest BCUT2D eigenvalue weighted by molar-refractivity contribution is 6.30. The van der Waals surface area contributed by atoms with Crippen LogP contribution >= 0.6 is 11.6 Å². The second-order valence-corrected chi connectivity index (χ2v) is 8.66. The minimum Gasteiger partial charge on any atom is -0.389 e. The molecular weight excluding hydrogens is 391 g/mol. The van der Waals surface area contributed by atoms with Crippen LogP contribution in [0.4, 0.5) is 10.1 Å². The number of benzene rings is 2. The number of nitrogens with zero attached hydrogens (tertiary/aromatic N) is 1. The van der Waals surface area contributed by atoms with Gasteiger partial charge >= 0.3 is 0 Å². The van der Waals surface area contributed by atoms with Crippen LogP contribution in [0, 0.1) is 11.7 Å². The zero-order valence-electron chi connectivity index (χ0n) is 16.3. The number of hydrogen-bond donors (Lipinski definition) is 2. The molecule has 1 aliphatic heterocycles. The first-order valence-corrected chi connectivity index (χ1v) is 10.6. The number of hydrogen-bond acceptors (Lipinski definition) is 3. The lowest BCUT2D eigenvalue weighted by atomic mass is 9.66. The summed E-state index contributed by atoms with van der Waals surface area (Å²) in [5, 5.41) is 14.8. The van der Waals surface area contributed by atoms with Crippen LogP contribution in [0.25, 0.3) is 0 Å². The fraction of sp³-hybridized carbons (Fsp3) is 0.435. The Kier molecular flexibility index (Phi) is 5.91. The average Bonchev–Trinajstić information content (AvgIpc) is 2.70. The van der Waals surface area contributed by atoms with E-state index in [4.69, 9.17) is 11.6 Å². The van der Waals surface area contributed by atoms with E-state index in [0.717, 1.165) is 31.2 Å². The summed E-state index contributed by atoms with van der Waals surface area (Å²) in [6.45, 7) is 0.848. The molecule has 0 spiro atoms. The summed E-state index contributed by atoms with van der Waals surface area (Å²) in [5.74, 6) is -0.352. The Morgan fingerprint density at radius 1 is 1.14 bits per heavy atom. The van der Waals surface area contributed by atoms with Gasteiger partial charge in [-0.1, -0.05) is 36.6 Å². The molecule has 2 N–H and O–H groups in total. The maximum absolute atomic E-state index is 13.5. The third kappa shape index (κ3) is 4.47.